The van der Waals surface area contributed by atoms with E-state index < -0.39 is 0 Å². The van der Waals surface area contributed by atoms with E-state index in [4.69, 9.17) is 5.73 Å². The topological polar surface area (TPSA) is 51.8 Å². The van der Waals surface area contributed by atoms with Crippen LogP contribution in [-0.2, 0) is 12.8 Å². The fraction of sp³-hybridized carbons (Fsp3) is 0.412. The van der Waals surface area contributed by atoms with Crippen molar-refractivity contribution in [2.45, 2.75) is 40.0 Å². The molecule has 2 aromatic rings. The number of aryl methyl sites for hydroxylation is 1. The first-order valence-corrected chi connectivity index (χ1v) is 7.31. The van der Waals surface area contributed by atoms with Gasteiger partial charge in [-0.1, -0.05) is 39.0 Å². The average molecular weight is 269 g/mol. The van der Waals surface area contributed by atoms with E-state index in [1.165, 1.54) is 5.56 Å². The largest absolute Gasteiger partial charge is 0.384 e. The summed E-state index contributed by atoms with van der Waals surface area (Å²) in [5, 5.41) is 0. The zero-order valence-corrected chi connectivity index (χ0v) is 12.6. The Morgan fingerprint density at radius 2 is 1.95 bits per heavy atom. The van der Waals surface area contributed by atoms with Crippen molar-refractivity contribution >= 4 is 5.82 Å². The van der Waals surface area contributed by atoms with Gasteiger partial charge in [0, 0.05) is 18.1 Å². The maximum atomic E-state index is 5.89. The van der Waals surface area contributed by atoms with Gasteiger partial charge in [-0.25, -0.2) is 9.97 Å². The molecule has 0 bridgehead atoms. The number of rotatable bonds is 5. The molecule has 2 N–H and O–H groups in total. The molecule has 1 aromatic heterocycles. The summed E-state index contributed by atoms with van der Waals surface area (Å²) in [5.41, 5.74) is 9.28. The molecule has 2 rings (SSSR count). The van der Waals surface area contributed by atoms with Crippen molar-refractivity contribution in [3.63, 3.8) is 0 Å². The predicted molar refractivity (Wildman–Crippen MR) is 84.4 cm³/mol. The number of nitrogen functional groups attached to an aromatic ring is 1. The summed E-state index contributed by atoms with van der Waals surface area (Å²) in [6.45, 7) is 6.58. The average Bonchev–Trinajstić information content (AvgIpc) is 2.38. The molecule has 0 aliphatic rings. The van der Waals surface area contributed by atoms with E-state index in [1.54, 1.807) is 0 Å². The first-order valence-electron chi connectivity index (χ1n) is 7.31. The van der Waals surface area contributed by atoms with E-state index in [-0.39, 0.29) is 0 Å². The molecule has 0 aliphatic carbocycles. The zero-order chi connectivity index (χ0) is 14.5. The third-order valence-corrected chi connectivity index (χ3v) is 3.13. The molecule has 3 heteroatoms. The van der Waals surface area contributed by atoms with Gasteiger partial charge in [0.05, 0.1) is 5.69 Å². The van der Waals surface area contributed by atoms with Crippen LogP contribution in [0.4, 0.5) is 5.82 Å². The molecule has 0 spiro atoms. The number of nitrogens with two attached hydrogens (primary N) is 1. The fourth-order valence-corrected chi connectivity index (χ4v) is 2.33. The molecule has 1 aromatic carbocycles. The summed E-state index contributed by atoms with van der Waals surface area (Å²) >= 11 is 0. The lowest BCUT2D eigenvalue weighted by Gasteiger charge is -2.09. The molecule has 0 atom stereocenters. The van der Waals surface area contributed by atoms with Crippen molar-refractivity contribution in [2.75, 3.05) is 5.73 Å². The molecule has 106 valence electrons. The van der Waals surface area contributed by atoms with Gasteiger partial charge in [-0.2, -0.15) is 0 Å². The van der Waals surface area contributed by atoms with Crippen LogP contribution in [0.2, 0.25) is 0 Å². The first-order chi connectivity index (χ1) is 9.58. The Bertz CT molecular complexity index is 576. The molecule has 0 amide bonds. The maximum Gasteiger partial charge on any atom is 0.131 e. The zero-order valence-electron chi connectivity index (χ0n) is 12.6. The molecular weight excluding hydrogens is 246 g/mol. The minimum atomic E-state index is 0.549. The Morgan fingerprint density at radius 1 is 1.15 bits per heavy atom. The monoisotopic (exact) mass is 269 g/mol. The van der Waals surface area contributed by atoms with Gasteiger partial charge in [0.25, 0.3) is 0 Å². The Hall–Kier alpha value is -1.90. The van der Waals surface area contributed by atoms with Crippen LogP contribution >= 0.6 is 0 Å². The Kier molecular flexibility index (Phi) is 4.72. The molecule has 0 saturated heterocycles. The van der Waals surface area contributed by atoms with Crippen LogP contribution in [0.5, 0.6) is 0 Å². The van der Waals surface area contributed by atoms with Crippen LogP contribution in [0.3, 0.4) is 0 Å². The molecular formula is C17H23N3. The van der Waals surface area contributed by atoms with E-state index in [0.717, 1.165) is 36.3 Å². The molecule has 0 fully saturated rings. The SMILES string of the molecule is CCCc1nc(N)cc(-c2cccc(CC(C)C)c2)n1. The highest BCUT2D eigenvalue weighted by Crippen LogP contribution is 2.21. The Morgan fingerprint density at radius 3 is 2.65 bits per heavy atom. The highest BCUT2D eigenvalue weighted by molar-refractivity contribution is 5.62. The molecule has 0 unspecified atom stereocenters. The third kappa shape index (κ3) is 3.80. The number of hydrogen-bond acceptors (Lipinski definition) is 3. The van der Waals surface area contributed by atoms with E-state index in [1.807, 2.05) is 6.07 Å². The van der Waals surface area contributed by atoms with Gasteiger partial charge in [-0.05, 0) is 30.4 Å². The standard InChI is InChI=1S/C17H23N3/c1-4-6-17-19-15(11-16(18)20-17)14-8-5-7-13(10-14)9-12(2)3/h5,7-8,10-12H,4,6,9H2,1-3H3,(H2,18,19,20). The van der Waals surface area contributed by atoms with Gasteiger partial charge in [0.15, 0.2) is 0 Å². The molecule has 20 heavy (non-hydrogen) atoms. The Balaban J connectivity index is 2.35. The summed E-state index contributed by atoms with van der Waals surface area (Å²) in [6.07, 6.45) is 2.97. The maximum absolute atomic E-state index is 5.89. The second kappa shape index (κ2) is 6.51. The second-order valence-electron chi connectivity index (χ2n) is 5.64. The van der Waals surface area contributed by atoms with E-state index in [0.29, 0.717) is 11.7 Å². The lowest BCUT2D eigenvalue weighted by molar-refractivity contribution is 0.647. The van der Waals surface area contributed by atoms with Gasteiger partial charge in [-0.15, -0.1) is 0 Å². The number of hydrogen-bond donors (Lipinski definition) is 1. The normalized spacial score (nSPS) is 11.0. The summed E-state index contributed by atoms with van der Waals surface area (Å²) in [7, 11) is 0. The molecule has 0 saturated carbocycles. The fourth-order valence-electron chi connectivity index (χ4n) is 2.33. The van der Waals surface area contributed by atoms with Crippen molar-refractivity contribution in [2.24, 2.45) is 5.92 Å². The summed E-state index contributed by atoms with van der Waals surface area (Å²) in [5.74, 6) is 2.03. The van der Waals surface area contributed by atoms with Crippen LogP contribution in [0.25, 0.3) is 11.3 Å². The minimum absolute atomic E-state index is 0.549. The predicted octanol–water partition coefficient (Wildman–Crippen LogP) is 3.88. The van der Waals surface area contributed by atoms with Gasteiger partial charge in [-0.3, -0.25) is 0 Å². The molecule has 1 heterocycles. The quantitative estimate of drug-likeness (QED) is 0.896. The Labute approximate surface area is 121 Å². The van der Waals surface area contributed by atoms with Gasteiger partial charge >= 0.3 is 0 Å². The van der Waals surface area contributed by atoms with E-state index >= 15 is 0 Å². The second-order valence-corrected chi connectivity index (χ2v) is 5.64. The van der Waals surface area contributed by atoms with Crippen molar-refractivity contribution < 1.29 is 0 Å². The summed E-state index contributed by atoms with van der Waals surface area (Å²) in [4.78, 5) is 8.91. The molecule has 0 radical (unpaired) electrons. The van der Waals surface area contributed by atoms with Crippen LogP contribution < -0.4 is 5.73 Å². The smallest absolute Gasteiger partial charge is 0.131 e. The van der Waals surface area contributed by atoms with Crippen molar-refractivity contribution in [3.8, 4) is 11.3 Å². The van der Waals surface area contributed by atoms with E-state index in [2.05, 4.69) is 55.0 Å². The van der Waals surface area contributed by atoms with E-state index in [9.17, 15) is 0 Å². The van der Waals surface area contributed by atoms with Gasteiger partial charge in [0.2, 0.25) is 0 Å². The molecule has 0 aliphatic heterocycles. The van der Waals surface area contributed by atoms with Crippen LogP contribution in [0.1, 0.15) is 38.6 Å². The first kappa shape index (κ1) is 14.5. The van der Waals surface area contributed by atoms with Crippen LogP contribution in [-0.4, -0.2) is 9.97 Å². The third-order valence-electron chi connectivity index (χ3n) is 3.13. The van der Waals surface area contributed by atoms with Crippen LogP contribution in [0.15, 0.2) is 30.3 Å². The highest BCUT2D eigenvalue weighted by Gasteiger charge is 2.06. The summed E-state index contributed by atoms with van der Waals surface area (Å²) in [6, 6.07) is 10.4. The lowest BCUT2D eigenvalue weighted by atomic mass is 10.00. The van der Waals surface area contributed by atoms with Crippen molar-refractivity contribution in [1.82, 2.24) is 9.97 Å². The number of nitrogens with zero attached hydrogens (tertiary/aromatic N) is 2. The number of benzene rings is 1. The highest BCUT2D eigenvalue weighted by atomic mass is 14.9. The van der Waals surface area contributed by atoms with Crippen LogP contribution in [0, 0.1) is 5.92 Å². The van der Waals surface area contributed by atoms with Crippen molar-refractivity contribution in [1.29, 1.82) is 0 Å². The van der Waals surface area contributed by atoms with Gasteiger partial charge in [0.1, 0.15) is 11.6 Å². The van der Waals surface area contributed by atoms with Gasteiger partial charge < -0.3 is 5.73 Å². The lowest BCUT2D eigenvalue weighted by Crippen LogP contribution is -2.01. The van der Waals surface area contributed by atoms with Crippen molar-refractivity contribution in [3.05, 3.63) is 41.7 Å². The summed E-state index contributed by atoms with van der Waals surface area (Å²) < 4.78 is 0. The number of aromatic nitrogens is 2. The minimum Gasteiger partial charge on any atom is -0.384 e. The molecule has 3 nitrogen and oxygen atoms in total. The number of anilines is 1.